The Hall–Kier alpha value is -2.62. The van der Waals surface area contributed by atoms with Crippen molar-refractivity contribution < 1.29 is 14.9 Å². The molecule has 27 heavy (non-hydrogen) atoms. The highest BCUT2D eigenvalue weighted by Crippen LogP contribution is 2.22. The Bertz CT molecular complexity index is 830. The van der Waals surface area contributed by atoms with Crippen LogP contribution in [0, 0.1) is 6.92 Å². The highest BCUT2D eigenvalue weighted by molar-refractivity contribution is 5.36. The third-order valence-corrected chi connectivity index (χ3v) is 5.63. The van der Waals surface area contributed by atoms with Gasteiger partial charge in [-0.3, -0.25) is 9.80 Å². The zero-order chi connectivity index (χ0) is 18.6. The molecule has 0 aliphatic carbocycles. The lowest BCUT2D eigenvalue weighted by atomic mass is 10.1. The minimum atomic E-state index is 0.241. The largest absolute Gasteiger partial charge is 0.507 e. The first-order valence-corrected chi connectivity index (χ1v) is 9.77. The summed E-state index contributed by atoms with van der Waals surface area (Å²) < 4.78 is 0. The van der Waals surface area contributed by atoms with Crippen molar-refractivity contribution in [3.8, 4) is 5.75 Å². The van der Waals surface area contributed by atoms with Gasteiger partial charge in [-0.2, -0.15) is 0 Å². The maximum atomic E-state index is 10.6. The number of aromatic hydroxyl groups is 1. The van der Waals surface area contributed by atoms with E-state index >= 15 is 0 Å². The summed E-state index contributed by atoms with van der Waals surface area (Å²) in [6.45, 7) is 6.28. The van der Waals surface area contributed by atoms with E-state index < -0.39 is 0 Å². The fraction of sp³-hybridized carbons (Fsp3) is 0.250. The van der Waals surface area contributed by atoms with E-state index in [1.165, 1.54) is 26.5 Å². The van der Waals surface area contributed by atoms with Crippen molar-refractivity contribution in [1.82, 2.24) is 0 Å². The summed E-state index contributed by atoms with van der Waals surface area (Å²) in [7, 11) is 0. The minimum absolute atomic E-state index is 0.241. The molecule has 1 fully saturated rings. The van der Waals surface area contributed by atoms with Crippen molar-refractivity contribution in [3.63, 3.8) is 0 Å². The van der Waals surface area contributed by atoms with Gasteiger partial charge in [0, 0.05) is 11.1 Å². The van der Waals surface area contributed by atoms with Gasteiger partial charge in [0.15, 0.2) is 0 Å². The lowest BCUT2D eigenvalue weighted by molar-refractivity contribution is -1.09. The van der Waals surface area contributed by atoms with Gasteiger partial charge in [0.05, 0.1) is 0 Å². The normalized spacial score (nSPS) is 22.0. The number of phenols is 1. The van der Waals surface area contributed by atoms with Crippen LogP contribution >= 0.6 is 0 Å². The van der Waals surface area contributed by atoms with Gasteiger partial charge in [0.1, 0.15) is 37.5 Å². The molecule has 0 bridgehead atoms. The second-order valence-electron chi connectivity index (χ2n) is 7.64. The Kier molecular flexibility index (Phi) is 5.23. The van der Waals surface area contributed by atoms with Crippen LogP contribution < -0.4 is 9.80 Å². The molecule has 0 aromatic heterocycles. The smallest absolute Gasteiger partial charge is 0.244 e. The summed E-state index contributed by atoms with van der Waals surface area (Å²) in [4.78, 5) is 3.04. The van der Waals surface area contributed by atoms with Crippen LogP contribution in [-0.2, 0) is 13.1 Å². The van der Waals surface area contributed by atoms with Gasteiger partial charge in [-0.15, -0.1) is 0 Å². The second-order valence-corrected chi connectivity index (χ2v) is 7.64. The summed E-state index contributed by atoms with van der Waals surface area (Å²) in [6.07, 6.45) is 0.241. The molecule has 1 saturated heterocycles. The first-order chi connectivity index (χ1) is 13.2. The maximum absolute atomic E-state index is 10.6. The molecule has 1 aliphatic rings. The Labute approximate surface area is 161 Å². The summed E-state index contributed by atoms with van der Waals surface area (Å²) in [5.41, 5.74) is 4.98. The number of quaternary nitrogens is 2. The number of phenolic OH excluding ortho intramolecular Hbond substituents is 1. The van der Waals surface area contributed by atoms with E-state index in [-0.39, 0.29) is 6.17 Å². The molecule has 138 valence electrons. The lowest BCUT2D eigenvalue weighted by Gasteiger charge is -2.25. The number of benzene rings is 3. The Morgan fingerprint density at radius 3 is 1.81 bits per heavy atom. The van der Waals surface area contributed by atoms with E-state index in [9.17, 15) is 5.11 Å². The third kappa shape index (κ3) is 4.05. The SMILES string of the molecule is Cc1ccc(O)c(C2[NH+](Cc3ccccc3)CC[NH+]2Cc2ccccc2)c1. The molecule has 2 unspecified atom stereocenters. The highest BCUT2D eigenvalue weighted by atomic mass is 16.3. The molecule has 0 radical (unpaired) electrons. The summed E-state index contributed by atoms with van der Waals surface area (Å²) in [6, 6.07) is 27.4. The predicted octanol–water partition coefficient (Wildman–Crippen LogP) is 1.88. The van der Waals surface area contributed by atoms with Crippen molar-refractivity contribution in [1.29, 1.82) is 0 Å². The molecule has 3 N–H and O–H groups in total. The Balaban J connectivity index is 1.66. The Morgan fingerprint density at radius 1 is 0.778 bits per heavy atom. The maximum Gasteiger partial charge on any atom is 0.244 e. The topological polar surface area (TPSA) is 29.1 Å². The van der Waals surface area contributed by atoms with E-state index in [0.29, 0.717) is 5.75 Å². The molecule has 3 heteroatoms. The molecule has 4 rings (SSSR count). The molecule has 3 aromatic rings. The van der Waals surface area contributed by atoms with Crippen LogP contribution in [0.4, 0.5) is 0 Å². The summed E-state index contributed by atoms with van der Waals surface area (Å²) in [5, 5.41) is 10.6. The van der Waals surface area contributed by atoms with Gasteiger partial charge in [-0.1, -0.05) is 72.3 Å². The quantitative estimate of drug-likeness (QED) is 0.637. The number of aryl methyl sites for hydroxylation is 1. The van der Waals surface area contributed by atoms with Crippen LogP contribution in [0.15, 0.2) is 78.9 Å². The van der Waals surface area contributed by atoms with Crippen LogP contribution in [-0.4, -0.2) is 18.2 Å². The van der Waals surface area contributed by atoms with Gasteiger partial charge in [-0.25, -0.2) is 0 Å². The number of hydrogen-bond donors (Lipinski definition) is 3. The van der Waals surface area contributed by atoms with Crippen LogP contribution in [0.1, 0.15) is 28.4 Å². The van der Waals surface area contributed by atoms with Crippen molar-refractivity contribution >= 4 is 0 Å². The fourth-order valence-corrected chi connectivity index (χ4v) is 4.34. The van der Waals surface area contributed by atoms with Crippen LogP contribution in [0.2, 0.25) is 0 Å². The van der Waals surface area contributed by atoms with Crippen LogP contribution in [0.25, 0.3) is 0 Å². The zero-order valence-corrected chi connectivity index (χ0v) is 15.9. The van der Waals surface area contributed by atoms with Gasteiger partial charge in [0.25, 0.3) is 0 Å². The number of hydrogen-bond acceptors (Lipinski definition) is 1. The highest BCUT2D eigenvalue weighted by Gasteiger charge is 2.42. The van der Waals surface area contributed by atoms with Gasteiger partial charge < -0.3 is 5.11 Å². The third-order valence-electron chi connectivity index (χ3n) is 5.63. The second kappa shape index (κ2) is 7.95. The molecule has 0 amide bonds. The van der Waals surface area contributed by atoms with Crippen molar-refractivity contribution in [3.05, 3.63) is 101 Å². The van der Waals surface area contributed by atoms with Gasteiger partial charge in [-0.05, 0) is 19.1 Å². The van der Waals surface area contributed by atoms with Crippen molar-refractivity contribution in [2.75, 3.05) is 13.1 Å². The minimum Gasteiger partial charge on any atom is -0.507 e. The summed E-state index contributed by atoms with van der Waals surface area (Å²) >= 11 is 0. The Morgan fingerprint density at radius 2 is 1.30 bits per heavy atom. The molecular weight excluding hydrogens is 332 g/mol. The lowest BCUT2D eigenvalue weighted by Crippen LogP contribution is -3.22. The van der Waals surface area contributed by atoms with Crippen LogP contribution in [0.5, 0.6) is 5.75 Å². The molecule has 0 spiro atoms. The monoisotopic (exact) mass is 360 g/mol. The zero-order valence-electron chi connectivity index (χ0n) is 15.9. The average molecular weight is 361 g/mol. The molecular formula is C24H28N2O+2. The van der Waals surface area contributed by atoms with Gasteiger partial charge >= 0.3 is 0 Å². The van der Waals surface area contributed by atoms with E-state index in [2.05, 4.69) is 73.7 Å². The molecule has 1 aliphatic heterocycles. The molecule has 3 aromatic carbocycles. The average Bonchev–Trinajstić information content (AvgIpc) is 3.07. The molecule has 2 atom stereocenters. The van der Waals surface area contributed by atoms with E-state index in [0.717, 1.165) is 31.7 Å². The van der Waals surface area contributed by atoms with E-state index in [4.69, 9.17) is 0 Å². The van der Waals surface area contributed by atoms with Crippen molar-refractivity contribution in [2.45, 2.75) is 26.2 Å². The molecule has 1 heterocycles. The number of nitrogens with one attached hydrogen (secondary N) is 2. The predicted molar refractivity (Wildman–Crippen MR) is 108 cm³/mol. The first kappa shape index (κ1) is 17.8. The van der Waals surface area contributed by atoms with E-state index in [1.807, 2.05) is 12.1 Å². The summed E-state index contributed by atoms with van der Waals surface area (Å²) in [5.74, 6) is 0.420. The first-order valence-electron chi connectivity index (χ1n) is 9.77. The standard InChI is InChI=1S/C24H26N2O/c1-19-12-13-23(27)22(16-19)24-25(17-20-8-4-2-5-9-20)14-15-26(24)18-21-10-6-3-7-11-21/h2-13,16,24,27H,14-15,17-18H2,1H3/p+2. The van der Waals surface area contributed by atoms with Gasteiger partial charge in [0.2, 0.25) is 6.17 Å². The molecule has 0 saturated carbocycles. The number of rotatable bonds is 5. The fourth-order valence-electron chi connectivity index (χ4n) is 4.34. The van der Waals surface area contributed by atoms with E-state index in [1.54, 1.807) is 0 Å². The molecule has 3 nitrogen and oxygen atoms in total. The van der Waals surface area contributed by atoms with Crippen molar-refractivity contribution in [2.24, 2.45) is 0 Å². The van der Waals surface area contributed by atoms with Crippen LogP contribution in [0.3, 0.4) is 0 Å².